The summed E-state index contributed by atoms with van der Waals surface area (Å²) in [6.07, 6.45) is 2.86. The van der Waals surface area contributed by atoms with Crippen LogP contribution in [0.3, 0.4) is 0 Å². The average molecular weight is 326 g/mol. The predicted octanol–water partition coefficient (Wildman–Crippen LogP) is 4.00. The van der Waals surface area contributed by atoms with Crippen LogP contribution in [-0.4, -0.2) is 30.1 Å². The van der Waals surface area contributed by atoms with Gasteiger partial charge in [0, 0.05) is 25.2 Å². The zero-order chi connectivity index (χ0) is 17.1. The minimum atomic E-state index is -0.212. The van der Waals surface area contributed by atoms with Crippen LogP contribution in [0, 0.1) is 5.82 Å². The lowest BCUT2D eigenvalue weighted by Gasteiger charge is -2.12. The first kappa shape index (κ1) is 16.5. The Bertz CT molecular complexity index is 825. The number of ether oxygens (including phenoxy) is 1. The zero-order valence-electron chi connectivity index (χ0n) is 14.4. The van der Waals surface area contributed by atoms with Gasteiger partial charge in [0.05, 0.1) is 5.52 Å². The molecule has 1 aromatic heterocycles. The molecule has 24 heavy (non-hydrogen) atoms. The van der Waals surface area contributed by atoms with E-state index < -0.39 is 0 Å². The molecule has 0 fully saturated rings. The Kier molecular flexibility index (Phi) is 4.86. The standard InChI is InChI=1S/C20H23FN2O/c1-22(2)12-11-16-13-23(3)20-17(21)9-10-18(19(16)20)24-14-15-7-5-4-6-8-15/h4-10,13H,11-12,14H2,1-3H3. The van der Waals surface area contributed by atoms with Crippen LogP contribution in [0.5, 0.6) is 5.75 Å². The van der Waals surface area contributed by atoms with Gasteiger partial charge in [-0.25, -0.2) is 4.39 Å². The SMILES string of the molecule is CN(C)CCc1cn(C)c2c(F)ccc(OCc3ccccc3)c12. The molecule has 0 bridgehead atoms. The molecular formula is C20H23FN2O. The summed E-state index contributed by atoms with van der Waals surface area (Å²) in [5.74, 6) is 0.528. The Morgan fingerprint density at radius 3 is 2.54 bits per heavy atom. The Morgan fingerprint density at radius 2 is 1.83 bits per heavy atom. The number of likely N-dealkylation sites (N-methyl/N-ethyl adjacent to an activating group) is 1. The minimum Gasteiger partial charge on any atom is -0.488 e. The maximum Gasteiger partial charge on any atom is 0.147 e. The van der Waals surface area contributed by atoms with Crippen molar-refractivity contribution in [1.29, 1.82) is 0 Å². The molecule has 0 saturated heterocycles. The number of benzene rings is 2. The van der Waals surface area contributed by atoms with Crippen molar-refractivity contribution in [2.45, 2.75) is 13.0 Å². The van der Waals surface area contributed by atoms with Crippen LogP contribution in [-0.2, 0) is 20.1 Å². The lowest BCUT2D eigenvalue weighted by Crippen LogP contribution is -2.15. The Labute approximate surface area is 142 Å². The normalized spacial score (nSPS) is 11.4. The van der Waals surface area contributed by atoms with Gasteiger partial charge in [-0.15, -0.1) is 0 Å². The van der Waals surface area contributed by atoms with E-state index >= 15 is 0 Å². The van der Waals surface area contributed by atoms with Gasteiger partial charge in [0.25, 0.3) is 0 Å². The van der Waals surface area contributed by atoms with Gasteiger partial charge in [-0.3, -0.25) is 0 Å². The first-order valence-corrected chi connectivity index (χ1v) is 8.14. The van der Waals surface area contributed by atoms with Crippen LogP contribution >= 0.6 is 0 Å². The summed E-state index contributed by atoms with van der Waals surface area (Å²) in [7, 11) is 5.96. The first-order valence-electron chi connectivity index (χ1n) is 8.14. The molecule has 0 aliphatic rings. The van der Waals surface area contributed by atoms with Gasteiger partial charge in [0.1, 0.15) is 18.2 Å². The van der Waals surface area contributed by atoms with Crippen LogP contribution in [0.15, 0.2) is 48.7 Å². The van der Waals surface area contributed by atoms with Gasteiger partial charge in [-0.05, 0) is 43.8 Å². The first-order chi connectivity index (χ1) is 11.6. The highest BCUT2D eigenvalue weighted by molar-refractivity contribution is 5.90. The lowest BCUT2D eigenvalue weighted by molar-refractivity contribution is 0.309. The Morgan fingerprint density at radius 1 is 1.08 bits per heavy atom. The molecule has 2 aromatic carbocycles. The number of halogens is 1. The molecule has 0 radical (unpaired) electrons. The topological polar surface area (TPSA) is 17.4 Å². The summed E-state index contributed by atoms with van der Waals surface area (Å²) >= 11 is 0. The van der Waals surface area contributed by atoms with Crippen molar-refractivity contribution in [2.75, 3.05) is 20.6 Å². The van der Waals surface area contributed by atoms with Crippen LogP contribution in [0.1, 0.15) is 11.1 Å². The van der Waals surface area contributed by atoms with Gasteiger partial charge >= 0.3 is 0 Å². The van der Waals surface area contributed by atoms with Gasteiger partial charge in [0.15, 0.2) is 0 Å². The number of aromatic nitrogens is 1. The van der Waals surface area contributed by atoms with E-state index in [1.165, 1.54) is 6.07 Å². The van der Waals surface area contributed by atoms with E-state index in [1.807, 2.05) is 62.2 Å². The maximum absolute atomic E-state index is 14.3. The zero-order valence-corrected chi connectivity index (χ0v) is 14.4. The third kappa shape index (κ3) is 3.44. The van der Waals surface area contributed by atoms with Crippen LogP contribution in [0.2, 0.25) is 0 Å². The second-order valence-corrected chi connectivity index (χ2v) is 6.36. The summed E-state index contributed by atoms with van der Waals surface area (Å²) < 4.78 is 22.2. The fraction of sp³-hybridized carbons (Fsp3) is 0.300. The molecule has 4 heteroatoms. The highest BCUT2D eigenvalue weighted by atomic mass is 19.1. The van der Waals surface area contributed by atoms with E-state index in [0.29, 0.717) is 12.1 Å². The molecule has 0 N–H and O–H groups in total. The maximum atomic E-state index is 14.3. The minimum absolute atomic E-state index is 0.212. The van der Waals surface area contributed by atoms with Crippen molar-refractivity contribution in [3.05, 3.63) is 65.6 Å². The molecule has 0 spiro atoms. The number of rotatable bonds is 6. The van der Waals surface area contributed by atoms with Crippen LogP contribution in [0.4, 0.5) is 4.39 Å². The summed E-state index contributed by atoms with van der Waals surface area (Å²) in [6.45, 7) is 1.39. The predicted molar refractivity (Wildman–Crippen MR) is 95.9 cm³/mol. The Balaban J connectivity index is 1.96. The molecule has 126 valence electrons. The van der Waals surface area contributed by atoms with E-state index in [0.717, 1.165) is 35.2 Å². The molecule has 0 unspecified atom stereocenters. The third-order valence-electron chi connectivity index (χ3n) is 4.18. The second kappa shape index (κ2) is 7.05. The fourth-order valence-corrected chi connectivity index (χ4v) is 2.95. The number of fused-ring (bicyclic) bond motifs is 1. The van der Waals surface area contributed by atoms with Crippen molar-refractivity contribution in [3.8, 4) is 5.75 Å². The van der Waals surface area contributed by atoms with Crippen molar-refractivity contribution in [3.63, 3.8) is 0 Å². The molecule has 0 saturated carbocycles. The molecule has 3 nitrogen and oxygen atoms in total. The van der Waals surface area contributed by atoms with E-state index in [2.05, 4.69) is 4.90 Å². The number of hydrogen-bond donors (Lipinski definition) is 0. The van der Waals surface area contributed by atoms with E-state index in [1.54, 1.807) is 6.07 Å². The molecule has 0 atom stereocenters. The second-order valence-electron chi connectivity index (χ2n) is 6.36. The quantitative estimate of drug-likeness (QED) is 0.681. The fourth-order valence-electron chi connectivity index (χ4n) is 2.95. The summed E-state index contributed by atoms with van der Waals surface area (Å²) in [4.78, 5) is 2.13. The molecule has 0 aliphatic heterocycles. The van der Waals surface area contributed by atoms with E-state index in [9.17, 15) is 4.39 Å². The summed E-state index contributed by atoms with van der Waals surface area (Å²) in [5.41, 5.74) is 2.82. The lowest BCUT2D eigenvalue weighted by atomic mass is 10.1. The van der Waals surface area contributed by atoms with Gasteiger partial charge in [0.2, 0.25) is 0 Å². The highest BCUT2D eigenvalue weighted by Gasteiger charge is 2.16. The molecule has 3 rings (SSSR count). The van der Waals surface area contributed by atoms with Crippen molar-refractivity contribution < 1.29 is 9.13 Å². The van der Waals surface area contributed by atoms with Gasteiger partial charge in [-0.2, -0.15) is 0 Å². The van der Waals surface area contributed by atoms with Crippen molar-refractivity contribution in [2.24, 2.45) is 7.05 Å². The Hall–Kier alpha value is -2.33. The third-order valence-corrected chi connectivity index (χ3v) is 4.18. The molecule has 3 aromatic rings. The van der Waals surface area contributed by atoms with Gasteiger partial charge in [-0.1, -0.05) is 30.3 Å². The molecule has 0 aliphatic carbocycles. The summed E-state index contributed by atoms with van der Waals surface area (Å²) in [5, 5.41) is 0.885. The van der Waals surface area contributed by atoms with Gasteiger partial charge < -0.3 is 14.2 Å². The molecule has 0 amide bonds. The average Bonchev–Trinajstić information content (AvgIpc) is 2.91. The van der Waals surface area contributed by atoms with E-state index in [4.69, 9.17) is 4.74 Å². The molecular weight excluding hydrogens is 303 g/mol. The van der Waals surface area contributed by atoms with Crippen LogP contribution < -0.4 is 4.74 Å². The number of nitrogens with zero attached hydrogens (tertiary/aromatic N) is 2. The van der Waals surface area contributed by atoms with E-state index in [-0.39, 0.29) is 5.82 Å². The largest absolute Gasteiger partial charge is 0.488 e. The monoisotopic (exact) mass is 326 g/mol. The molecule has 1 heterocycles. The highest BCUT2D eigenvalue weighted by Crippen LogP contribution is 2.33. The van der Waals surface area contributed by atoms with Crippen LogP contribution in [0.25, 0.3) is 10.9 Å². The number of aryl methyl sites for hydroxylation is 1. The van der Waals surface area contributed by atoms with Crippen molar-refractivity contribution in [1.82, 2.24) is 9.47 Å². The number of hydrogen-bond acceptors (Lipinski definition) is 2. The summed E-state index contributed by atoms with van der Waals surface area (Å²) in [6, 6.07) is 13.2. The smallest absolute Gasteiger partial charge is 0.147 e. The van der Waals surface area contributed by atoms with Crippen molar-refractivity contribution >= 4 is 10.9 Å².